The average molecular weight is 323 g/mol. The van der Waals surface area contributed by atoms with Crippen LogP contribution in [0.15, 0.2) is 0 Å². The summed E-state index contributed by atoms with van der Waals surface area (Å²) in [5.41, 5.74) is -0.323. The van der Waals surface area contributed by atoms with Crippen molar-refractivity contribution in [1.29, 1.82) is 0 Å². The number of hydrogen-bond acceptors (Lipinski definition) is 3. The van der Waals surface area contributed by atoms with Crippen LogP contribution in [0.4, 0.5) is 0 Å². The van der Waals surface area contributed by atoms with Crippen molar-refractivity contribution in [3.63, 3.8) is 0 Å². The third-order valence-electron chi connectivity index (χ3n) is 5.14. The van der Waals surface area contributed by atoms with Gasteiger partial charge in [-0.15, -0.1) is 0 Å². The van der Waals surface area contributed by atoms with E-state index < -0.39 is 0 Å². The van der Waals surface area contributed by atoms with E-state index in [1.54, 1.807) is 0 Å². The molecule has 2 atom stereocenters. The molecule has 0 N–H and O–H groups in total. The van der Waals surface area contributed by atoms with Crippen LogP contribution in [0.3, 0.4) is 0 Å². The van der Waals surface area contributed by atoms with Gasteiger partial charge in [-0.25, -0.2) is 0 Å². The minimum atomic E-state index is -0.323. The molecule has 23 heavy (non-hydrogen) atoms. The van der Waals surface area contributed by atoms with E-state index >= 15 is 0 Å². The highest BCUT2D eigenvalue weighted by molar-refractivity contribution is 5.82. The summed E-state index contributed by atoms with van der Waals surface area (Å²) >= 11 is 0. The summed E-state index contributed by atoms with van der Waals surface area (Å²) < 4.78 is 0. The fourth-order valence-electron chi connectivity index (χ4n) is 3.77. The Balaban J connectivity index is 1.84. The fourth-order valence-corrected chi connectivity index (χ4v) is 3.77. The number of nitrogens with zero attached hydrogens (tertiary/aromatic N) is 3. The van der Waals surface area contributed by atoms with Gasteiger partial charge in [0.1, 0.15) is 0 Å². The van der Waals surface area contributed by atoms with Gasteiger partial charge in [-0.2, -0.15) is 0 Å². The van der Waals surface area contributed by atoms with Gasteiger partial charge in [-0.05, 0) is 33.1 Å². The van der Waals surface area contributed by atoms with E-state index in [4.69, 9.17) is 0 Å². The van der Waals surface area contributed by atoms with Crippen molar-refractivity contribution in [3.8, 4) is 0 Å². The maximum Gasteiger partial charge on any atom is 0.237 e. The first-order chi connectivity index (χ1) is 10.7. The molecule has 2 amide bonds. The first-order valence-corrected chi connectivity index (χ1v) is 9.03. The Hall–Kier alpha value is -1.10. The number of hydrogen-bond donors (Lipinski definition) is 0. The zero-order valence-corrected chi connectivity index (χ0v) is 15.5. The average Bonchev–Trinajstić information content (AvgIpc) is 2.46. The molecule has 2 aliphatic heterocycles. The van der Waals surface area contributed by atoms with Gasteiger partial charge >= 0.3 is 0 Å². The highest BCUT2D eigenvalue weighted by atomic mass is 16.2. The van der Waals surface area contributed by atoms with Crippen LogP contribution >= 0.6 is 0 Å². The lowest BCUT2D eigenvalue weighted by atomic mass is 9.94. The number of amides is 2. The fraction of sp³-hybridized carbons (Fsp3) is 0.889. The lowest BCUT2D eigenvalue weighted by Crippen LogP contribution is -2.55. The van der Waals surface area contributed by atoms with Gasteiger partial charge in [0, 0.05) is 43.7 Å². The predicted molar refractivity (Wildman–Crippen MR) is 92.1 cm³/mol. The van der Waals surface area contributed by atoms with E-state index in [0.717, 1.165) is 39.0 Å². The molecule has 5 nitrogen and oxygen atoms in total. The second kappa shape index (κ2) is 7.20. The molecule has 0 radical (unpaired) electrons. The Kier molecular flexibility index (Phi) is 5.71. The van der Waals surface area contributed by atoms with Crippen LogP contribution in [0, 0.1) is 5.41 Å². The molecule has 0 spiro atoms. The normalized spacial score (nSPS) is 27.2. The van der Waals surface area contributed by atoms with Crippen molar-refractivity contribution in [1.82, 2.24) is 14.7 Å². The molecular weight excluding hydrogens is 290 g/mol. The van der Waals surface area contributed by atoms with E-state index in [1.165, 1.54) is 6.42 Å². The number of piperazine rings is 1. The number of piperidine rings is 1. The quantitative estimate of drug-likeness (QED) is 0.780. The SMILES string of the molecule is CC1CCCC(C)N1C(=O)CN1CCN(C(=O)C(C)(C)C)CC1. The molecule has 2 rings (SSSR count). The van der Waals surface area contributed by atoms with Crippen LogP contribution in [0.2, 0.25) is 0 Å². The van der Waals surface area contributed by atoms with Crippen molar-refractivity contribution >= 4 is 11.8 Å². The van der Waals surface area contributed by atoms with Gasteiger partial charge in [0.05, 0.1) is 6.54 Å². The molecule has 0 aromatic carbocycles. The molecule has 132 valence electrons. The second-order valence-corrected chi connectivity index (χ2v) is 8.25. The lowest BCUT2D eigenvalue weighted by molar-refractivity contribution is -0.142. The van der Waals surface area contributed by atoms with E-state index in [0.29, 0.717) is 18.6 Å². The molecule has 0 aliphatic carbocycles. The largest absolute Gasteiger partial charge is 0.340 e. The molecule has 2 aliphatic rings. The van der Waals surface area contributed by atoms with Crippen LogP contribution in [0.25, 0.3) is 0 Å². The summed E-state index contributed by atoms with van der Waals surface area (Å²) in [4.78, 5) is 31.2. The predicted octanol–water partition coefficient (Wildman–Crippen LogP) is 1.97. The van der Waals surface area contributed by atoms with Gasteiger partial charge < -0.3 is 9.80 Å². The number of likely N-dealkylation sites (tertiary alicyclic amines) is 1. The Labute approximate surface area is 141 Å². The van der Waals surface area contributed by atoms with E-state index in [2.05, 4.69) is 23.6 Å². The molecule has 0 saturated carbocycles. The Bertz CT molecular complexity index is 426. The number of carbonyl (C=O) groups excluding carboxylic acids is 2. The first kappa shape index (κ1) is 18.2. The Morgan fingerprint density at radius 2 is 1.48 bits per heavy atom. The topological polar surface area (TPSA) is 43.9 Å². The molecule has 2 saturated heterocycles. The van der Waals surface area contributed by atoms with E-state index in [-0.39, 0.29) is 17.2 Å². The van der Waals surface area contributed by atoms with E-state index in [9.17, 15) is 9.59 Å². The van der Waals surface area contributed by atoms with Crippen LogP contribution < -0.4 is 0 Å². The minimum absolute atomic E-state index is 0.210. The highest BCUT2D eigenvalue weighted by Crippen LogP contribution is 2.23. The highest BCUT2D eigenvalue weighted by Gasteiger charge is 2.32. The summed E-state index contributed by atoms with van der Waals surface area (Å²) in [6.45, 7) is 13.8. The molecule has 5 heteroatoms. The molecule has 0 aromatic heterocycles. The van der Waals surface area contributed by atoms with Crippen molar-refractivity contribution in [2.45, 2.75) is 66.0 Å². The van der Waals surface area contributed by atoms with Gasteiger partial charge in [-0.1, -0.05) is 20.8 Å². The Morgan fingerprint density at radius 1 is 0.957 bits per heavy atom. The standard InChI is InChI=1S/C18H33N3O2/c1-14-7-6-8-15(2)21(14)16(22)13-19-9-11-20(12-10-19)17(23)18(3,4)5/h14-15H,6-13H2,1-5H3. The van der Waals surface area contributed by atoms with Crippen molar-refractivity contribution < 1.29 is 9.59 Å². The van der Waals surface area contributed by atoms with Crippen molar-refractivity contribution in [2.75, 3.05) is 32.7 Å². The summed E-state index contributed by atoms with van der Waals surface area (Å²) in [7, 11) is 0. The molecular formula is C18H33N3O2. The number of rotatable bonds is 2. The van der Waals surface area contributed by atoms with Crippen LogP contribution in [-0.4, -0.2) is 71.3 Å². The molecule has 2 fully saturated rings. The molecule has 2 heterocycles. The number of carbonyl (C=O) groups is 2. The van der Waals surface area contributed by atoms with E-state index in [1.807, 2.05) is 25.7 Å². The zero-order chi connectivity index (χ0) is 17.2. The van der Waals surface area contributed by atoms with Gasteiger partial charge in [-0.3, -0.25) is 14.5 Å². The van der Waals surface area contributed by atoms with Crippen LogP contribution in [0.1, 0.15) is 53.9 Å². The third-order valence-corrected chi connectivity index (χ3v) is 5.14. The van der Waals surface area contributed by atoms with Crippen molar-refractivity contribution in [3.05, 3.63) is 0 Å². The summed E-state index contributed by atoms with van der Waals surface area (Å²) in [5, 5.41) is 0. The minimum Gasteiger partial charge on any atom is -0.340 e. The zero-order valence-electron chi connectivity index (χ0n) is 15.5. The third kappa shape index (κ3) is 4.46. The van der Waals surface area contributed by atoms with Crippen LogP contribution in [0.5, 0.6) is 0 Å². The van der Waals surface area contributed by atoms with Gasteiger partial charge in [0.2, 0.25) is 11.8 Å². The first-order valence-electron chi connectivity index (χ1n) is 9.03. The summed E-state index contributed by atoms with van der Waals surface area (Å²) in [5.74, 6) is 0.460. The molecule has 0 aromatic rings. The molecule has 2 unspecified atom stereocenters. The lowest BCUT2D eigenvalue weighted by Gasteiger charge is -2.42. The monoisotopic (exact) mass is 323 g/mol. The van der Waals surface area contributed by atoms with Crippen LogP contribution in [-0.2, 0) is 9.59 Å². The smallest absolute Gasteiger partial charge is 0.237 e. The maximum atomic E-state index is 12.7. The summed E-state index contributed by atoms with van der Waals surface area (Å²) in [6, 6.07) is 0.713. The second-order valence-electron chi connectivity index (χ2n) is 8.25. The van der Waals surface area contributed by atoms with Gasteiger partial charge in [0.25, 0.3) is 0 Å². The maximum absolute atomic E-state index is 12.7. The van der Waals surface area contributed by atoms with Crippen molar-refractivity contribution in [2.24, 2.45) is 5.41 Å². The van der Waals surface area contributed by atoms with Gasteiger partial charge in [0.15, 0.2) is 0 Å². The summed E-state index contributed by atoms with van der Waals surface area (Å²) in [6.07, 6.45) is 3.45. The molecule has 0 bridgehead atoms. The Morgan fingerprint density at radius 3 is 1.96 bits per heavy atom.